The Morgan fingerprint density at radius 2 is 1.86 bits per heavy atom. The maximum absolute atomic E-state index is 14.9. The molecular weight excluding hydrogens is 752 g/mol. The van der Waals surface area contributed by atoms with Crippen molar-refractivity contribution in [2.24, 2.45) is 0 Å². The predicted octanol–water partition coefficient (Wildman–Crippen LogP) is 9.10. The molecule has 2 fully saturated rings. The maximum atomic E-state index is 14.9. The fourth-order valence-corrected chi connectivity index (χ4v) is 8.22. The van der Waals surface area contributed by atoms with Gasteiger partial charge in [0.05, 0.1) is 52.6 Å². The summed E-state index contributed by atoms with van der Waals surface area (Å²) in [5.41, 5.74) is 2.38. The molecule has 290 valence electrons. The van der Waals surface area contributed by atoms with E-state index in [1.807, 2.05) is 24.3 Å². The van der Waals surface area contributed by atoms with E-state index in [-0.39, 0.29) is 39.7 Å². The number of benzene rings is 4. The number of hydrogen-bond donors (Lipinski definition) is 2. The summed E-state index contributed by atoms with van der Waals surface area (Å²) in [7, 11) is 0. The number of anilines is 1. The molecule has 1 unspecified atom stereocenters. The van der Waals surface area contributed by atoms with E-state index in [4.69, 9.17) is 30.8 Å². The number of hydrogen-bond acceptors (Lipinski definition) is 7. The van der Waals surface area contributed by atoms with Crippen LogP contribution in [0.3, 0.4) is 0 Å². The molecule has 2 N–H and O–H groups in total. The topological polar surface area (TPSA) is 107 Å². The molecule has 0 radical (unpaired) electrons. The lowest BCUT2D eigenvalue weighted by atomic mass is 9.88. The van der Waals surface area contributed by atoms with E-state index in [9.17, 15) is 22.4 Å². The highest BCUT2D eigenvalue weighted by atomic mass is 35.5. The Kier molecular flexibility index (Phi) is 8.97. The minimum atomic E-state index is -4.65. The number of aromatic nitrogens is 4. The maximum Gasteiger partial charge on any atom is 0.418 e. The van der Waals surface area contributed by atoms with Gasteiger partial charge in [0.2, 0.25) is 0 Å². The number of carbonyl (C=O) groups excluding carboxylic acids is 1. The summed E-state index contributed by atoms with van der Waals surface area (Å²) in [4.78, 5) is 20.8. The smallest absolute Gasteiger partial charge is 0.418 e. The number of likely N-dealkylation sites (tertiary alicyclic amines) is 1. The molecular formula is C41H37ClF4N6O4. The van der Waals surface area contributed by atoms with Gasteiger partial charge in [0, 0.05) is 40.8 Å². The Labute approximate surface area is 323 Å². The number of aromatic amines is 1. The van der Waals surface area contributed by atoms with Crippen LogP contribution in [0.4, 0.5) is 23.2 Å². The number of ether oxygens (including phenoxy) is 3. The zero-order valence-electron chi connectivity index (χ0n) is 30.5. The third kappa shape index (κ3) is 6.62. The van der Waals surface area contributed by atoms with Gasteiger partial charge in [-0.2, -0.15) is 18.3 Å². The third-order valence-corrected chi connectivity index (χ3v) is 11.4. The Bertz CT molecular complexity index is 2510. The van der Waals surface area contributed by atoms with Gasteiger partial charge in [-0.15, -0.1) is 0 Å². The SMILES string of the molecule is Cc1n[nH]c2c(C(F)(F)F)cc(NC(=O)c3ccc4c(c3)nc(CN3CCC(c5cccc6c5OC(C)(c5ccc(Cl)cc5F)O6)CC3)n4C[C@@H]3CCO3)cc12. The van der Waals surface area contributed by atoms with Crippen molar-refractivity contribution in [1.29, 1.82) is 0 Å². The molecule has 2 saturated heterocycles. The number of rotatable bonds is 8. The first-order valence-corrected chi connectivity index (χ1v) is 18.9. The van der Waals surface area contributed by atoms with Gasteiger partial charge in [-0.25, -0.2) is 9.37 Å². The van der Waals surface area contributed by atoms with Crippen molar-refractivity contribution in [2.75, 3.05) is 25.0 Å². The largest absolute Gasteiger partial charge is 0.444 e. The summed E-state index contributed by atoms with van der Waals surface area (Å²) in [5.74, 6) is -0.164. The van der Waals surface area contributed by atoms with Crippen LogP contribution in [0, 0.1) is 12.7 Å². The molecule has 3 aliphatic heterocycles. The molecule has 10 nitrogen and oxygen atoms in total. The van der Waals surface area contributed by atoms with Crippen molar-refractivity contribution in [2.45, 2.75) is 70.2 Å². The van der Waals surface area contributed by atoms with Crippen molar-refractivity contribution in [3.63, 3.8) is 0 Å². The zero-order chi connectivity index (χ0) is 38.9. The van der Waals surface area contributed by atoms with Crippen LogP contribution in [0.25, 0.3) is 21.9 Å². The zero-order valence-corrected chi connectivity index (χ0v) is 31.2. The van der Waals surface area contributed by atoms with Gasteiger partial charge in [-0.3, -0.25) is 14.8 Å². The lowest BCUT2D eigenvalue weighted by molar-refractivity contribution is -0.136. The van der Waals surface area contributed by atoms with Crippen LogP contribution in [0.1, 0.15) is 70.7 Å². The van der Waals surface area contributed by atoms with Crippen LogP contribution >= 0.6 is 11.6 Å². The van der Waals surface area contributed by atoms with Crippen molar-refractivity contribution in [1.82, 2.24) is 24.6 Å². The lowest BCUT2D eigenvalue weighted by Crippen LogP contribution is -2.35. The second-order valence-electron chi connectivity index (χ2n) is 14.8. The van der Waals surface area contributed by atoms with E-state index in [2.05, 4.69) is 25.0 Å². The third-order valence-electron chi connectivity index (χ3n) is 11.1. The summed E-state index contributed by atoms with van der Waals surface area (Å²) in [5, 5.41) is 9.61. The van der Waals surface area contributed by atoms with Crippen LogP contribution in [0.2, 0.25) is 5.02 Å². The van der Waals surface area contributed by atoms with Gasteiger partial charge in [-0.05, 0) is 99.8 Å². The first-order valence-electron chi connectivity index (χ1n) is 18.5. The van der Waals surface area contributed by atoms with Gasteiger partial charge < -0.3 is 24.1 Å². The Balaban J connectivity index is 0.922. The highest BCUT2D eigenvalue weighted by Crippen LogP contribution is 2.50. The minimum absolute atomic E-state index is 0.0141. The van der Waals surface area contributed by atoms with Gasteiger partial charge in [0.25, 0.3) is 11.7 Å². The molecule has 6 aromatic rings. The Morgan fingerprint density at radius 1 is 1.05 bits per heavy atom. The lowest BCUT2D eigenvalue weighted by Gasteiger charge is -2.33. The standard InChI is InChI=1S/C41H37ClF4N6O4/c1-22-29-18-26(19-31(41(44,45)46)37(29)50-49-22)47-39(53)24-6-9-34-33(16-24)48-36(52(34)20-27-12-15-54-27)21-51-13-10-23(11-14-51)28-4-3-5-35-38(28)56-40(2,55-35)30-8-7-25(42)17-32(30)43/h3-9,16-19,23,27H,10-15,20-21H2,1-2H3,(H,47,53)(H,49,50)/t27-,40?/m0/s1. The van der Waals surface area contributed by atoms with Crippen LogP contribution < -0.4 is 14.8 Å². The van der Waals surface area contributed by atoms with Gasteiger partial charge in [0.1, 0.15) is 11.6 Å². The number of imidazole rings is 1. The quantitative estimate of drug-likeness (QED) is 0.148. The first-order chi connectivity index (χ1) is 26.8. The summed E-state index contributed by atoms with van der Waals surface area (Å²) in [6, 6.07) is 17.8. The minimum Gasteiger partial charge on any atom is -0.444 e. The first kappa shape index (κ1) is 36.5. The number of piperidine rings is 1. The number of para-hydroxylation sites is 1. The summed E-state index contributed by atoms with van der Waals surface area (Å²) >= 11 is 6.00. The number of halogens is 5. The number of carbonyl (C=O) groups is 1. The number of fused-ring (bicyclic) bond motifs is 3. The monoisotopic (exact) mass is 788 g/mol. The summed E-state index contributed by atoms with van der Waals surface area (Å²) < 4.78 is 77.2. The normalized spacial score (nSPS) is 20.2. The number of nitrogens with zero attached hydrogens (tertiary/aromatic N) is 4. The molecule has 4 aromatic carbocycles. The Hall–Kier alpha value is -5.18. The van der Waals surface area contributed by atoms with E-state index in [1.165, 1.54) is 12.1 Å². The van der Waals surface area contributed by atoms with Crippen LogP contribution in [0.15, 0.2) is 66.7 Å². The second kappa shape index (κ2) is 13.8. The molecule has 1 amide bonds. The van der Waals surface area contributed by atoms with Gasteiger partial charge >= 0.3 is 6.18 Å². The number of aryl methyl sites for hydroxylation is 1. The molecule has 2 aromatic heterocycles. The van der Waals surface area contributed by atoms with E-state index >= 15 is 0 Å². The van der Waals surface area contributed by atoms with Crippen molar-refractivity contribution in [3.8, 4) is 11.5 Å². The van der Waals surface area contributed by atoms with Crippen LogP contribution in [-0.4, -0.2) is 56.4 Å². The number of amides is 1. The van der Waals surface area contributed by atoms with E-state index in [0.717, 1.165) is 55.3 Å². The van der Waals surface area contributed by atoms with E-state index in [0.29, 0.717) is 47.4 Å². The predicted molar refractivity (Wildman–Crippen MR) is 202 cm³/mol. The summed E-state index contributed by atoms with van der Waals surface area (Å²) in [6.45, 7) is 6.77. The van der Waals surface area contributed by atoms with E-state index in [1.54, 1.807) is 38.1 Å². The average Bonchev–Trinajstić information content (AvgIpc) is 3.80. The fraction of sp³-hybridized carbons (Fsp3) is 0.341. The van der Waals surface area contributed by atoms with E-state index < -0.39 is 29.3 Å². The molecule has 5 heterocycles. The molecule has 2 atom stereocenters. The highest BCUT2D eigenvalue weighted by Gasteiger charge is 2.43. The van der Waals surface area contributed by atoms with Crippen molar-refractivity contribution < 1.29 is 36.6 Å². The molecule has 9 rings (SSSR count). The second-order valence-corrected chi connectivity index (χ2v) is 15.3. The average molecular weight is 789 g/mol. The molecule has 15 heteroatoms. The van der Waals surface area contributed by atoms with Crippen molar-refractivity contribution >= 4 is 45.1 Å². The number of nitrogens with one attached hydrogen (secondary N) is 2. The highest BCUT2D eigenvalue weighted by molar-refractivity contribution is 6.30. The molecule has 0 bridgehead atoms. The summed E-state index contributed by atoms with van der Waals surface area (Å²) in [6.07, 6.45) is -1.96. The Morgan fingerprint density at radius 3 is 2.59 bits per heavy atom. The van der Waals surface area contributed by atoms with Gasteiger partial charge in [0.15, 0.2) is 11.5 Å². The fourth-order valence-electron chi connectivity index (χ4n) is 8.06. The van der Waals surface area contributed by atoms with Gasteiger partial charge in [-0.1, -0.05) is 23.7 Å². The molecule has 56 heavy (non-hydrogen) atoms. The molecule has 0 saturated carbocycles. The molecule has 0 spiro atoms. The molecule has 3 aliphatic rings. The number of alkyl halides is 3. The molecule has 0 aliphatic carbocycles. The van der Waals surface area contributed by atoms with Crippen LogP contribution in [0.5, 0.6) is 11.5 Å². The number of H-pyrrole nitrogens is 1. The van der Waals surface area contributed by atoms with Crippen LogP contribution in [-0.2, 0) is 29.8 Å². The van der Waals surface area contributed by atoms with Crippen molar-refractivity contribution in [3.05, 3.63) is 111 Å².